The van der Waals surface area contributed by atoms with E-state index in [9.17, 15) is 0 Å². The third-order valence-electron chi connectivity index (χ3n) is 4.82. The van der Waals surface area contributed by atoms with Crippen molar-refractivity contribution in [3.63, 3.8) is 0 Å². The summed E-state index contributed by atoms with van der Waals surface area (Å²) in [7, 11) is 0. The van der Waals surface area contributed by atoms with Gasteiger partial charge in [0.25, 0.3) is 0 Å². The van der Waals surface area contributed by atoms with Gasteiger partial charge in [-0.25, -0.2) is 4.99 Å². The van der Waals surface area contributed by atoms with Gasteiger partial charge in [-0.15, -0.1) is 0 Å². The standard InChI is InChI=1S/C24H26N6O/c1-2-25-24(27-17-22-15-23(31-29-22)19-9-4-3-5-10-19)26-16-20-11-6-7-12-21(20)18-30-14-8-13-28-30/h3-15H,2,16-18H2,1H3,(H2,25,26,27). The lowest BCUT2D eigenvalue weighted by Crippen LogP contribution is -2.36. The Morgan fingerprint density at radius 2 is 1.81 bits per heavy atom. The summed E-state index contributed by atoms with van der Waals surface area (Å²) in [6.07, 6.45) is 3.76. The average Bonchev–Trinajstić information content (AvgIpc) is 3.49. The summed E-state index contributed by atoms with van der Waals surface area (Å²) in [4.78, 5) is 4.76. The molecule has 2 heterocycles. The molecule has 0 spiro atoms. The van der Waals surface area contributed by atoms with Gasteiger partial charge < -0.3 is 15.2 Å². The number of nitrogens with zero attached hydrogens (tertiary/aromatic N) is 4. The van der Waals surface area contributed by atoms with Gasteiger partial charge in [0.1, 0.15) is 5.69 Å². The van der Waals surface area contributed by atoms with Gasteiger partial charge in [-0.05, 0) is 24.1 Å². The summed E-state index contributed by atoms with van der Waals surface area (Å²) < 4.78 is 7.40. The molecule has 2 aromatic heterocycles. The number of benzene rings is 2. The Morgan fingerprint density at radius 3 is 2.58 bits per heavy atom. The maximum Gasteiger partial charge on any atom is 0.191 e. The highest BCUT2D eigenvalue weighted by molar-refractivity contribution is 5.79. The maximum absolute atomic E-state index is 5.48. The first-order valence-corrected chi connectivity index (χ1v) is 10.4. The number of hydrogen-bond acceptors (Lipinski definition) is 4. The Labute approximate surface area is 181 Å². The van der Waals surface area contributed by atoms with Crippen LogP contribution in [0, 0.1) is 0 Å². The van der Waals surface area contributed by atoms with Crippen molar-refractivity contribution < 1.29 is 4.52 Å². The third kappa shape index (κ3) is 5.60. The van der Waals surface area contributed by atoms with Crippen molar-refractivity contribution in [3.8, 4) is 11.3 Å². The molecule has 4 aromatic rings. The molecule has 7 nitrogen and oxygen atoms in total. The van der Waals surface area contributed by atoms with Crippen LogP contribution in [0.1, 0.15) is 23.7 Å². The maximum atomic E-state index is 5.48. The van der Waals surface area contributed by atoms with Crippen LogP contribution in [0.4, 0.5) is 0 Å². The summed E-state index contributed by atoms with van der Waals surface area (Å²) in [5.41, 5.74) is 4.21. The van der Waals surface area contributed by atoms with E-state index >= 15 is 0 Å². The highest BCUT2D eigenvalue weighted by Gasteiger charge is 2.08. The number of aliphatic imine (C=N–C) groups is 1. The van der Waals surface area contributed by atoms with E-state index in [0.29, 0.717) is 13.1 Å². The van der Waals surface area contributed by atoms with Crippen molar-refractivity contribution in [2.45, 2.75) is 26.6 Å². The molecule has 31 heavy (non-hydrogen) atoms. The molecular formula is C24H26N6O. The predicted molar refractivity (Wildman–Crippen MR) is 121 cm³/mol. The molecular weight excluding hydrogens is 388 g/mol. The average molecular weight is 415 g/mol. The number of nitrogens with one attached hydrogen (secondary N) is 2. The fourth-order valence-electron chi connectivity index (χ4n) is 3.25. The first-order chi connectivity index (χ1) is 15.3. The zero-order valence-corrected chi connectivity index (χ0v) is 17.5. The molecule has 0 saturated carbocycles. The topological polar surface area (TPSA) is 80.3 Å². The Kier molecular flexibility index (Phi) is 6.74. The molecule has 158 valence electrons. The lowest BCUT2D eigenvalue weighted by atomic mass is 10.1. The van der Waals surface area contributed by atoms with E-state index in [0.717, 1.165) is 36.1 Å². The van der Waals surface area contributed by atoms with Crippen molar-refractivity contribution in [1.29, 1.82) is 0 Å². The summed E-state index contributed by atoms with van der Waals surface area (Å²) in [5.74, 6) is 1.49. The van der Waals surface area contributed by atoms with Crippen molar-refractivity contribution >= 4 is 5.96 Å². The Bertz CT molecular complexity index is 1100. The van der Waals surface area contributed by atoms with Crippen LogP contribution in [0.15, 0.2) is 88.6 Å². The van der Waals surface area contributed by atoms with Crippen molar-refractivity contribution in [1.82, 2.24) is 25.6 Å². The molecule has 0 saturated heterocycles. The van der Waals surface area contributed by atoms with Crippen molar-refractivity contribution in [2.24, 2.45) is 4.99 Å². The second-order valence-electron chi connectivity index (χ2n) is 7.07. The molecule has 2 aromatic carbocycles. The van der Waals surface area contributed by atoms with Crippen LogP contribution in [0.5, 0.6) is 0 Å². The highest BCUT2D eigenvalue weighted by atomic mass is 16.5. The van der Waals surface area contributed by atoms with Crippen LogP contribution < -0.4 is 10.6 Å². The molecule has 0 aliphatic heterocycles. The normalized spacial score (nSPS) is 11.5. The monoisotopic (exact) mass is 414 g/mol. The summed E-state index contributed by atoms with van der Waals surface area (Å²) in [6.45, 7) is 4.64. The first-order valence-electron chi connectivity index (χ1n) is 10.4. The third-order valence-corrected chi connectivity index (χ3v) is 4.82. The van der Waals surface area contributed by atoms with Gasteiger partial charge in [-0.1, -0.05) is 59.8 Å². The van der Waals surface area contributed by atoms with Gasteiger partial charge in [0, 0.05) is 30.6 Å². The molecule has 7 heteroatoms. The minimum absolute atomic E-state index is 0.525. The van der Waals surface area contributed by atoms with Crippen LogP contribution in [0.2, 0.25) is 0 Å². The van der Waals surface area contributed by atoms with E-state index in [1.807, 2.05) is 72.4 Å². The molecule has 0 amide bonds. The minimum Gasteiger partial charge on any atom is -0.357 e. The smallest absolute Gasteiger partial charge is 0.191 e. The molecule has 0 fully saturated rings. The second-order valence-corrected chi connectivity index (χ2v) is 7.07. The molecule has 0 bridgehead atoms. The molecule has 0 radical (unpaired) electrons. The molecule has 4 rings (SSSR count). The zero-order chi connectivity index (χ0) is 21.3. The van der Waals surface area contributed by atoms with E-state index in [1.54, 1.807) is 6.20 Å². The van der Waals surface area contributed by atoms with E-state index in [2.05, 4.69) is 33.0 Å². The van der Waals surface area contributed by atoms with E-state index in [-0.39, 0.29) is 0 Å². The van der Waals surface area contributed by atoms with Crippen LogP contribution in [0.25, 0.3) is 11.3 Å². The second kappa shape index (κ2) is 10.2. The van der Waals surface area contributed by atoms with Gasteiger partial charge in [0.15, 0.2) is 11.7 Å². The molecule has 0 aliphatic carbocycles. The summed E-state index contributed by atoms with van der Waals surface area (Å²) in [6, 6.07) is 22.1. The van der Waals surface area contributed by atoms with Gasteiger partial charge in [0.2, 0.25) is 0 Å². The van der Waals surface area contributed by atoms with Crippen LogP contribution >= 0.6 is 0 Å². The largest absolute Gasteiger partial charge is 0.357 e. The Hall–Kier alpha value is -3.87. The first kappa shape index (κ1) is 20.4. The summed E-state index contributed by atoms with van der Waals surface area (Å²) in [5, 5.41) is 15.1. The Morgan fingerprint density at radius 1 is 1.00 bits per heavy atom. The van der Waals surface area contributed by atoms with Crippen molar-refractivity contribution in [2.75, 3.05) is 6.54 Å². The van der Waals surface area contributed by atoms with Gasteiger partial charge in [-0.3, -0.25) is 4.68 Å². The predicted octanol–water partition coefficient (Wildman–Crippen LogP) is 3.84. The molecule has 2 N–H and O–H groups in total. The summed E-state index contributed by atoms with van der Waals surface area (Å²) >= 11 is 0. The fraction of sp³-hybridized carbons (Fsp3) is 0.208. The van der Waals surface area contributed by atoms with E-state index in [1.165, 1.54) is 11.1 Å². The van der Waals surface area contributed by atoms with Crippen LogP contribution in [-0.2, 0) is 19.6 Å². The minimum atomic E-state index is 0.525. The quantitative estimate of drug-likeness (QED) is 0.338. The number of rotatable bonds is 8. The number of hydrogen-bond donors (Lipinski definition) is 2. The van der Waals surface area contributed by atoms with E-state index < -0.39 is 0 Å². The lowest BCUT2D eigenvalue weighted by molar-refractivity contribution is 0.422. The number of guanidine groups is 1. The molecule has 0 aliphatic rings. The SMILES string of the molecule is CCNC(=NCc1ccccc1Cn1cccn1)NCc1cc(-c2ccccc2)on1. The highest BCUT2D eigenvalue weighted by Crippen LogP contribution is 2.19. The Balaban J connectivity index is 1.41. The van der Waals surface area contributed by atoms with Gasteiger partial charge >= 0.3 is 0 Å². The van der Waals surface area contributed by atoms with E-state index in [4.69, 9.17) is 9.52 Å². The molecule has 0 atom stereocenters. The van der Waals surface area contributed by atoms with Crippen LogP contribution in [0.3, 0.4) is 0 Å². The van der Waals surface area contributed by atoms with Gasteiger partial charge in [0.05, 0.1) is 19.6 Å². The molecule has 0 unspecified atom stereocenters. The fourth-order valence-corrected chi connectivity index (χ4v) is 3.25. The van der Waals surface area contributed by atoms with Crippen LogP contribution in [-0.4, -0.2) is 27.4 Å². The van der Waals surface area contributed by atoms with Gasteiger partial charge in [-0.2, -0.15) is 5.10 Å². The lowest BCUT2D eigenvalue weighted by Gasteiger charge is -2.12. The van der Waals surface area contributed by atoms with Crippen molar-refractivity contribution in [3.05, 3.63) is 95.9 Å². The zero-order valence-electron chi connectivity index (χ0n) is 17.5. The number of aromatic nitrogens is 3.